The van der Waals surface area contributed by atoms with Crippen molar-refractivity contribution in [3.63, 3.8) is 0 Å². The van der Waals surface area contributed by atoms with Crippen LogP contribution in [-0.4, -0.2) is 70.6 Å². The van der Waals surface area contributed by atoms with Gasteiger partial charge in [-0.25, -0.2) is 4.68 Å². The van der Waals surface area contributed by atoms with Crippen molar-refractivity contribution in [2.24, 2.45) is 4.99 Å². The van der Waals surface area contributed by atoms with E-state index in [9.17, 15) is 14.7 Å². The number of amides is 1. The van der Waals surface area contributed by atoms with E-state index >= 15 is 0 Å². The van der Waals surface area contributed by atoms with Crippen molar-refractivity contribution in [3.8, 4) is 11.5 Å². The average Bonchev–Trinajstić information content (AvgIpc) is 3.19. The van der Waals surface area contributed by atoms with Crippen LogP contribution in [-0.2, 0) is 12.0 Å². The average molecular weight is 515 g/mol. The molecule has 37 heavy (non-hydrogen) atoms. The van der Waals surface area contributed by atoms with E-state index in [1.807, 2.05) is 27.7 Å². The SMILES string of the molecule is C.CN=c1n(CC(=O)c2cc(OCCO)c(OC)c(C(C)(C)C)c2)nc2c(C)c(C)c(C(=O)NC)nn12. The molecular weight excluding hydrogens is 476 g/mol. The third kappa shape index (κ3) is 5.66. The Labute approximate surface area is 217 Å². The zero-order valence-electron chi connectivity index (χ0n) is 22.1. The Morgan fingerprint density at radius 3 is 2.38 bits per heavy atom. The summed E-state index contributed by atoms with van der Waals surface area (Å²) in [6.45, 7) is 9.48. The Hall–Kier alpha value is -3.73. The van der Waals surface area contributed by atoms with Crippen LogP contribution in [0.2, 0.25) is 0 Å². The van der Waals surface area contributed by atoms with Crippen molar-refractivity contribution in [2.45, 2.75) is 54.0 Å². The molecule has 2 N–H and O–H groups in total. The van der Waals surface area contributed by atoms with Crippen molar-refractivity contribution in [1.29, 1.82) is 0 Å². The number of nitrogens with one attached hydrogen (secondary N) is 1. The van der Waals surface area contributed by atoms with E-state index in [0.717, 1.165) is 11.1 Å². The summed E-state index contributed by atoms with van der Waals surface area (Å²) in [5.74, 6) is 0.357. The highest BCUT2D eigenvalue weighted by molar-refractivity contribution is 5.97. The monoisotopic (exact) mass is 514 g/mol. The molecule has 3 aromatic rings. The third-order valence-electron chi connectivity index (χ3n) is 5.96. The van der Waals surface area contributed by atoms with Gasteiger partial charge in [-0.2, -0.15) is 9.61 Å². The quantitative estimate of drug-likeness (QED) is 0.441. The summed E-state index contributed by atoms with van der Waals surface area (Å²) in [4.78, 5) is 30.1. The smallest absolute Gasteiger partial charge is 0.271 e. The standard InChI is InChI=1S/C25H34N6O5.CH4/c1-14-15(2)22-29-30(24(27-7)31(22)28-20(14)23(34)26-6)13-18(33)16-11-17(25(3,4)5)21(35-8)19(12-16)36-10-9-32;/h11-12,32H,9-10,13H2,1-8H3,(H,26,34);1H4. The molecule has 0 saturated carbocycles. The molecule has 0 spiro atoms. The molecule has 2 aromatic heterocycles. The largest absolute Gasteiger partial charge is 0.493 e. The highest BCUT2D eigenvalue weighted by atomic mass is 16.5. The third-order valence-corrected chi connectivity index (χ3v) is 5.96. The number of fused-ring (bicyclic) bond motifs is 1. The summed E-state index contributed by atoms with van der Waals surface area (Å²) < 4.78 is 14.2. The fourth-order valence-electron chi connectivity index (χ4n) is 3.92. The van der Waals surface area contributed by atoms with Gasteiger partial charge in [0.25, 0.3) is 5.91 Å². The Kier molecular flexibility index (Phi) is 9.21. The first kappa shape index (κ1) is 29.5. The van der Waals surface area contributed by atoms with E-state index in [4.69, 9.17) is 9.47 Å². The Morgan fingerprint density at radius 1 is 1.16 bits per heavy atom. The van der Waals surface area contributed by atoms with E-state index in [2.05, 4.69) is 20.5 Å². The molecule has 1 aromatic carbocycles. The lowest BCUT2D eigenvalue weighted by Crippen LogP contribution is -2.29. The molecule has 0 radical (unpaired) electrons. The number of aliphatic hydroxyl groups is 1. The van der Waals surface area contributed by atoms with Gasteiger partial charge in [-0.05, 0) is 37.0 Å². The first-order valence-corrected chi connectivity index (χ1v) is 11.6. The molecule has 0 atom stereocenters. The van der Waals surface area contributed by atoms with Gasteiger partial charge in [0.05, 0.1) is 13.7 Å². The van der Waals surface area contributed by atoms with Gasteiger partial charge in [0, 0.05) is 30.8 Å². The Balaban J connectivity index is 0.00000481. The number of ketones is 1. The first-order valence-electron chi connectivity index (χ1n) is 11.6. The second-order valence-corrected chi connectivity index (χ2v) is 9.39. The van der Waals surface area contributed by atoms with E-state index in [1.54, 1.807) is 40.3 Å². The number of aromatic nitrogens is 4. The number of aryl methyl sites for hydroxylation is 1. The Morgan fingerprint density at radius 2 is 1.84 bits per heavy atom. The van der Waals surface area contributed by atoms with Gasteiger partial charge in [0.2, 0.25) is 5.62 Å². The highest BCUT2D eigenvalue weighted by Crippen LogP contribution is 2.40. The number of nitrogens with zero attached hydrogens (tertiary/aromatic N) is 5. The summed E-state index contributed by atoms with van der Waals surface area (Å²) in [5.41, 5.74) is 3.42. The van der Waals surface area contributed by atoms with Gasteiger partial charge >= 0.3 is 0 Å². The highest BCUT2D eigenvalue weighted by Gasteiger charge is 2.26. The molecule has 0 saturated heterocycles. The van der Waals surface area contributed by atoms with Crippen LogP contribution in [0.25, 0.3) is 5.65 Å². The maximum absolute atomic E-state index is 13.5. The fraction of sp³-hybridized carbons (Fsp3) is 0.500. The number of carbonyl (C=O) groups is 2. The number of benzene rings is 1. The minimum atomic E-state index is -0.339. The van der Waals surface area contributed by atoms with Gasteiger partial charge in [0.1, 0.15) is 13.2 Å². The van der Waals surface area contributed by atoms with E-state index in [0.29, 0.717) is 33.9 Å². The predicted octanol–water partition coefficient (Wildman–Crippen LogP) is 2.23. The van der Waals surface area contributed by atoms with Gasteiger partial charge in [0.15, 0.2) is 28.6 Å². The minimum Gasteiger partial charge on any atom is -0.493 e. The molecule has 11 heteroatoms. The summed E-state index contributed by atoms with van der Waals surface area (Å²) >= 11 is 0. The second kappa shape index (κ2) is 11.5. The van der Waals surface area contributed by atoms with Crippen LogP contribution in [0.15, 0.2) is 17.1 Å². The van der Waals surface area contributed by atoms with Crippen molar-refractivity contribution >= 4 is 17.3 Å². The van der Waals surface area contributed by atoms with E-state index < -0.39 is 0 Å². The lowest BCUT2D eigenvalue weighted by Gasteiger charge is -2.25. The first-order chi connectivity index (χ1) is 17.0. The van der Waals surface area contributed by atoms with Crippen LogP contribution >= 0.6 is 0 Å². The number of aliphatic hydroxyl groups excluding tert-OH is 1. The summed E-state index contributed by atoms with van der Waals surface area (Å²) in [6, 6.07) is 3.41. The number of ether oxygens (including phenoxy) is 2. The molecule has 0 unspecified atom stereocenters. The lowest BCUT2D eigenvalue weighted by atomic mass is 9.84. The minimum absolute atomic E-state index is 0. The second-order valence-electron chi connectivity index (χ2n) is 9.39. The van der Waals surface area contributed by atoms with Crippen molar-refractivity contribution < 1.29 is 24.2 Å². The number of rotatable bonds is 8. The predicted molar refractivity (Wildman–Crippen MR) is 141 cm³/mol. The number of Topliss-reactive ketones (excluding diaryl/α,β-unsaturated/α-hetero) is 1. The molecule has 11 nitrogen and oxygen atoms in total. The van der Waals surface area contributed by atoms with Gasteiger partial charge in [-0.3, -0.25) is 14.6 Å². The molecule has 3 rings (SSSR count). The molecule has 1 amide bonds. The van der Waals surface area contributed by atoms with E-state index in [-0.39, 0.29) is 50.0 Å². The summed E-state index contributed by atoms with van der Waals surface area (Å²) in [7, 11) is 4.66. The Bertz CT molecular complexity index is 1380. The van der Waals surface area contributed by atoms with Crippen LogP contribution in [0.3, 0.4) is 0 Å². The van der Waals surface area contributed by atoms with Crippen molar-refractivity contribution in [3.05, 3.63) is 45.7 Å². The molecule has 0 aliphatic carbocycles. The number of hydrogen-bond acceptors (Lipinski definition) is 8. The summed E-state index contributed by atoms with van der Waals surface area (Å²) in [5, 5.41) is 20.9. The summed E-state index contributed by atoms with van der Waals surface area (Å²) in [6.07, 6.45) is 0. The number of hydrogen-bond donors (Lipinski definition) is 2. The molecule has 0 bridgehead atoms. The fourth-order valence-corrected chi connectivity index (χ4v) is 3.92. The zero-order valence-corrected chi connectivity index (χ0v) is 22.1. The zero-order chi connectivity index (χ0) is 26.8. The van der Waals surface area contributed by atoms with Gasteiger partial charge in [-0.15, -0.1) is 5.10 Å². The molecule has 0 aliphatic rings. The van der Waals surface area contributed by atoms with E-state index in [1.165, 1.54) is 9.20 Å². The normalized spacial score (nSPS) is 11.9. The van der Waals surface area contributed by atoms with Gasteiger partial charge in [-0.1, -0.05) is 28.2 Å². The van der Waals surface area contributed by atoms with Crippen molar-refractivity contribution in [2.75, 3.05) is 34.4 Å². The van der Waals surface area contributed by atoms with Crippen molar-refractivity contribution in [1.82, 2.24) is 24.7 Å². The van der Waals surface area contributed by atoms with Crippen LogP contribution in [0.1, 0.15) is 65.7 Å². The molecule has 202 valence electrons. The van der Waals surface area contributed by atoms with Crippen LogP contribution in [0.5, 0.6) is 11.5 Å². The number of methoxy groups -OCH3 is 1. The topological polar surface area (TPSA) is 132 Å². The maximum atomic E-state index is 13.5. The molecule has 0 fully saturated rings. The van der Waals surface area contributed by atoms with Crippen LogP contribution < -0.4 is 20.4 Å². The lowest BCUT2D eigenvalue weighted by molar-refractivity contribution is 0.0950. The van der Waals surface area contributed by atoms with Crippen LogP contribution in [0, 0.1) is 13.8 Å². The maximum Gasteiger partial charge on any atom is 0.271 e. The van der Waals surface area contributed by atoms with Crippen LogP contribution in [0.4, 0.5) is 0 Å². The van der Waals surface area contributed by atoms with Gasteiger partial charge < -0.3 is 19.9 Å². The molecule has 2 heterocycles. The molecule has 0 aliphatic heterocycles. The number of carbonyl (C=O) groups excluding carboxylic acids is 2. The molecular formula is C26H38N6O5.